The van der Waals surface area contributed by atoms with Crippen molar-refractivity contribution in [1.29, 1.82) is 0 Å². The molecule has 0 bridgehead atoms. The highest BCUT2D eigenvalue weighted by Crippen LogP contribution is 2.17. The van der Waals surface area contributed by atoms with E-state index >= 15 is 0 Å². The third-order valence-electron chi connectivity index (χ3n) is 3.67. The van der Waals surface area contributed by atoms with E-state index in [9.17, 15) is 0 Å². The van der Waals surface area contributed by atoms with E-state index in [1.54, 1.807) is 0 Å². The van der Waals surface area contributed by atoms with Gasteiger partial charge in [-0.25, -0.2) is 0 Å². The van der Waals surface area contributed by atoms with E-state index in [-0.39, 0.29) is 0 Å². The van der Waals surface area contributed by atoms with Gasteiger partial charge in [-0.3, -0.25) is 0 Å². The summed E-state index contributed by atoms with van der Waals surface area (Å²) < 4.78 is 0. The predicted octanol–water partition coefficient (Wildman–Crippen LogP) is 3.21. The molecule has 0 spiro atoms. The first-order valence-electron chi connectivity index (χ1n) is 7.37. The molecule has 0 amide bonds. The second-order valence-corrected chi connectivity index (χ2v) is 5.20. The highest BCUT2D eigenvalue weighted by Gasteiger charge is 2.09. The van der Waals surface area contributed by atoms with E-state index in [0.29, 0.717) is 0 Å². The summed E-state index contributed by atoms with van der Waals surface area (Å²) in [5, 5.41) is 3.74. The molecule has 0 unspecified atom stereocenters. The molecule has 1 fully saturated rings. The van der Waals surface area contributed by atoms with Crippen LogP contribution in [0, 0.1) is 0 Å². The smallest absolute Gasteiger partial charge is 0.00670 e. The number of hydrogen-bond acceptors (Lipinski definition) is 2. The maximum Gasteiger partial charge on any atom is 0.00670 e. The Morgan fingerprint density at radius 2 is 1.44 bits per heavy atom. The first-order valence-corrected chi connectivity index (χ1v) is 7.37. The Hall–Kier alpha value is -0.0800. The van der Waals surface area contributed by atoms with Gasteiger partial charge in [0.1, 0.15) is 0 Å². The number of nitrogens with two attached hydrogens (primary N) is 1. The number of unbranched alkanes of at least 4 members (excludes halogenated alkanes) is 3. The molecular formula is C14H30N2. The van der Waals surface area contributed by atoms with Crippen LogP contribution in [0.25, 0.3) is 0 Å². The molecule has 0 radical (unpaired) electrons. The molecule has 0 atom stereocenters. The molecule has 0 aliphatic heterocycles. The summed E-state index contributed by atoms with van der Waals surface area (Å²) in [5.41, 5.74) is 5.48. The van der Waals surface area contributed by atoms with Crippen molar-refractivity contribution in [3.63, 3.8) is 0 Å². The van der Waals surface area contributed by atoms with Crippen LogP contribution < -0.4 is 11.1 Å². The molecule has 16 heavy (non-hydrogen) atoms. The zero-order valence-electron chi connectivity index (χ0n) is 10.8. The van der Waals surface area contributed by atoms with Crippen LogP contribution in [-0.4, -0.2) is 19.1 Å². The first kappa shape index (κ1) is 14.0. The van der Waals surface area contributed by atoms with E-state index in [1.807, 2.05) is 0 Å². The Labute approximate surface area is 101 Å². The van der Waals surface area contributed by atoms with Crippen molar-refractivity contribution in [3.05, 3.63) is 0 Å². The molecule has 96 valence electrons. The Morgan fingerprint density at radius 1 is 0.812 bits per heavy atom. The molecule has 1 aliphatic carbocycles. The van der Waals surface area contributed by atoms with E-state index in [1.165, 1.54) is 77.2 Å². The van der Waals surface area contributed by atoms with Crippen molar-refractivity contribution in [2.45, 2.75) is 76.7 Å². The number of rotatable bonds is 7. The van der Waals surface area contributed by atoms with Crippen LogP contribution >= 0.6 is 0 Å². The van der Waals surface area contributed by atoms with Gasteiger partial charge in [-0.15, -0.1) is 0 Å². The Kier molecular flexibility index (Phi) is 8.83. The van der Waals surface area contributed by atoms with Gasteiger partial charge in [0, 0.05) is 6.04 Å². The second-order valence-electron chi connectivity index (χ2n) is 5.20. The molecule has 1 aliphatic rings. The standard InChI is InChI=1S/C14H30N2/c15-12-8-4-5-9-13-16-14-10-6-2-1-3-7-11-14/h14,16H,1-13,15H2. The zero-order valence-corrected chi connectivity index (χ0v) is 10.8. The SMILES string of the molecule is NCCCCCCNC1CCCCCCC1. The zero-order chi connectivity index (χ0) is 11.5. The monoisotopic (exact) mass is 226 g/mol. The third-order valence-corrected chi connectivity index (χ3v) is 3.67. The van der Waals surface area contributed by atoms with Gasteiger partial charge < -0.3 is 11.1 Å². The topological polar surface area (TPSA) is 38.0 Å². The fourth-order valence-electron chi connectivity index (χ4n) is 2.59. The lowest BCUT2D eigenvalue weighted by Crippen LogP contribution is -2.30. The maximum absolute atomic E-state index is 5.48. The second kappa shape index (κ2) is 10.1. The maximum atomic E-state index is 5.48. The number of nitrogens with one attached hydrogen (secondary N) is 1. The molecule has 0 aromatic heterocycles. The number of hydrogen-bond donors (Lipinski definition) is 2. The van der Waals surface area contributed by atoms with Crippen molar-refractivity contribution >= 4 is 0 Å². The summed E-state index contributed by atoms with van der Waals surface area (Å²) in [4.78, 5) is 0. The normalized spacial score (nSPS) is 19.3. The summed E-state index contributed by atoms with van der Waals surface area (Å²) in [6.45, 7) is 2.07. The third kappa shape index (κ3) is 7.24. The van der Waals surface area contributed by atoms with Crippen molar-refractivity contribution < 1.29 is 0 Å². The van der Waals surface area contributed by atoms with Crippen LogP contribution in [0.4, 0.5) is 0 Å². The van der Waals surface area contributed by atoms with E-state index in [0.717, 1.165) is 12.6 Å². The van der Waals surface area contributed by atoms with Crippen LogP contribution in [0.2, 0.25) is 0 Å². The minimum absolute atomic E-state index is 0.815. The van der Waals surface area contributed by atoms with Crippen molar-refractivity contribution in [1.82, 2.24) is 5.32 Å². The molecule has 3 N–H and O–H groups in total. The van der Waals surface area contributed by atoms with Gasteiger partial charge in [0.25, 0.3) is 0 Å². The highest BCUT2D eigenvalue weighted by molar-refractivity contribution is 4.69. The summed E-state index contributed by atoms with van der Waals surface area (Å²) in [6.07, 6.45) is 15.2. The molecule has 1 rings (SSSR count). The average molecular weight is 226 g/mol. The summed E-state index contributed by atoms with van der Waals surface area (Å²) >= 11 is 0. The van der Waals surface area contributed by atoms with E-state index < -0.39 is 0 Å². The summed E-state index contributed by atoms with van der Waals surface area (Å²) in [6, 6.07) is 0.815. The average Bonchev–Trinajstić information content (AvgIpc) is 2.25. The summed E-state index contributed by atoms with van der Waals surface area (Å²) in [7, 11) is 0. The molecule has 0 heterocycles. The Balaban J connectivity index is 1.93. The molecule has 0 saturated heterocycles. The Morgan fingerprint density at radius 3 is 2.12 bits per heavy atom. The van der Waals surface area contributed by atoms with Crippen molar-refractivity contribution in [3.8, 4) is 0 Å². The fraction of sp³-hybridized carbons (Fsp3) is 1.00. The van der Waals surface area contributed by atoms with Gasteiger partial charge in [-0.2, -0.15) is 0 Å². The minimum atomic E-state index is 0.815. The molecule has 0 aromatic carbocycles. The predicted molar refractivity (Wildman–Crippen MR) is 71.6 cm³/mol. The van der Waals surface area contributed by atoms with E-state index in [2.05, 4.69) is 5.32 Å². The van der Waals surface area contributed by atoms with Crippen molar-refractivity contribution in [2.75, 3.05) is 13.1 Å². The minimum Gasteiger partial charge on any atom is -0.330 e. The van der Waals surface area contributed by atoms with Gasteiger partial charge in [-0.1, -0.05) is 44.9 Å². The van der Waals surface area contributed by atoms with Gasteiger partial charge in [0.05, 0.1) is 0 Å². The first-order chi connectivity index (χ1) is 7.93. The van der Waals surface area contributed by atoms with Crippen LogP contribution in [0.1, 0.15) is 70.6 Å². The molecule has 0 aromatic rings. The lowest BCUT2D eigenvalue weighted by atomic mass is 9.96. The van der Waals surface area contributed by atoms with Gasteiger partial charge >= 0.3 is 0 Å². The Bertz CT molecular complexity index is 140. The van der Waals surface area contributed by atoms with Crippen LogP contribution in [0.5, 0.6) is 0 Å². The summed E-state index contributed by atoms with van der Waals surface area (Å²) in [5.74, 6) is 0. The lowest BCUT2D eigenvalue weighted by Gasteiger charge is -2.21. The largest absolute Gasteiger partial charge is 0.330 e. The van der Waals surface area contributed by atoms with Crippen LogP contribution in [0.15, 0.2) is 0 Å². The van der Waals surface area contributed by atoms with E-state index in [4.69, 9.17) is 5.73 Å². The van der Waals surface area contributed by atoms with Crippen LogP contribution in [-0.2, 0) is 0 Å². The van der Waals surface area contributed by atoms with Crippen molar-refractivity contribution in [2.24, 2.45) is 5.73 Å². The van der Waals surface area contributed by atoms with Crippen LogP contribution in [0.3, 0.4) is 0 Å². The molecule has 2 nitrogen and oxygen atoms in total. The molecular weight excluding hydrogens is 196 g/mol. The van der Waals surface area contributed by atoms with Gasteiger partial charge in [0.15, 0.2) is 0 Å². The molecule has 2 heteroatoms. The van der Waals surface area contributed by atoms with Gasteiger partial charge in [0.2, 0.25) is 0 Å². The highest BCUT2D eigenvalue weighted by atomic mass is 14.9. The lowest BCUT2D eigenvalue weighted by molar-refractivity contribution is 0.386. The quantitative estimate of drug-likeness (QED) is 0.654. The molecule has 1 saturated carbocycles. The van der Waals surface area contributed by atoms with Gasteiger partial charge in [-0.05, 0) is 38.8 Å². The fourth-order valence-corrected chi connectivity index (χ4v) is 2.59.